The largest absolute Gasteiger partial charge is 0.450 e. The molecule has 0 atom stereocenters. The lowest BCUT2D eigenvalue weighted by atomic mass is 10.1. The van der Waals surface area contributed by atoms with Crippen molar-refractivity contribution in [2.45, 2.75) is 0 Å². The van der Waals surface area contributed by atoms with Crippen molar-refractivity contribution < 1.29 is 9.21 Å². The zero-order valence-corrected chi connectivity index (χ0v) is 14.4. The lowest BCUT2D eigenvalue weighted by Crippen LogP contribution is -1.98. The highest BCUT2D eigenvalue weighted by molar-refractivity contribution is 7.27. The number of benzene rings is 2. The summed E-state index contributed by atoms with van der Waals surface area (Å²) in [6.07, 6.45) is 0. The van der Waals surface area contributed by atoms with Gasteiger partial charge in [0.1, 0.15) is 0 Å². The van der Waals surface area contributed by atoms with Crippen molar-refractivity contribution in [3.63, 3.8) is 0 Å². The molecule has 0 saturated carbocycles. The number of carbonyl (C=O) groups is 1. The Labute approximate surface area is 150 Å². The highest BCUT2D eigenvalue weighted by atomic mass is 32.1. The number of thiazole rings is 2. The Morgan fingerprint density at radius 1 is 0.920 bits per heavy atom. The van der Waals surface area contributed by atoms with Crippen LogP contribution in [0.5, 0.6) is 0 Å². The molecule has 3 heterocycles. The minimum atomic E-state index is -0.127. The molecule has 0 aliphatic rings. The van der Waals surface area contributed by atoms with Crippen LogP contribution in [0.1, 0.15) is 16.1 Å². The molecule has 120 valence electrons. The average Bonchev–Trinajstić information content (AvgIpc) is 3.38. The molecule has 2 aromatic carbocycles. The molecule has 0 fully saturated rings. The molecule has 0 spiro atoms. The highest BCUT2D eigenvalue weighted by Gasteiger charge is 2.17. The first kappa shape index (κ1) is 14.5. The summed E-state index contributed by atoms with van der Waals surface area (Å²) in [7, 11) is 0. The molecule has 4 nitrogen and oxygen atoms in total. The van der Waals surface area contributed by atoms with Gasteiger partial charge in [0, 0.05) is 5.56 Å². The first-order valence-electron chi connectivity index (χ1n) is 7.62. The van der Waals surface area contributed by atoms with Gasteiger partial charge in [-0.15, -0.1) is 22.7 Å². The SMILES string of the molecule is O=C(c1ccccc1)c1ccc(-c2nc3ccc4ncsc4c3s2)o1. The maximum atomic E-state index is 12.5. The van der Waals surface area contributed by atoms with Crippen LogP contribution in [0.15, 0.2) is 64.5 Å². The number of ketones is 1. The quantitative estimate of drug-likeness (QED) is 0.403. The molecule has 0 aliphatic heterocycles. The zero-order valence-electron chi connectivity index (χ0n) is 12.8. The predicted molar refractivity (Wildman–Crippen MR) is 100 cm³/mol. The standard InChI is InChI=1S/C19H10N2O2S2/c22-16(11-4-2-1-3-5-11)14-8-9-15(23-14)19-21-13-7-6-12-17(18(13)25-19)24-10-20-12/h1-10H. The van der Waals surface area contributed by atoms with E-state index < -0.39 is 0 Å². The summed E-state index contributed by atoms with van der Waals surface area (Å²) in [5.41, 5.74) is 4.35. The molecule has 0 unspecified atom stereocenters. The Morgan fingerprint density at radius 3 is 2.64 bits per heavy atom. The minimum absolute atomic E-state index is 0.127. The second-order valence-corrected chi connectivity index (χ2v) is 7.35. The molecule has 0 saturated heterocycles. The van der Waals surface area contributed by atoms with Gasteiger partial charge in [0.15, 0.2) is 16.5 Å². The van der Waals surface area contributed by atoms with E-state index in [9.17, 15) is 4.79 Å². The van der Waals surface area contributed by atoms with Crippen LogP contribution < -0.4 is 0 Å². The molecule has 0 N–H and O–H groups in total. The topological polar surface area (TPSA) is 56.0 Å². The van der Waals surface area contributed by atoms with Crippen molar-refractivity contribution in [2.75, 3.05) is 0 Å². The molecule has 3 aromatic heterocycles. The van der Waals surface area contributed by atoms with Gasteiger partial charge < -0.3 is 4.42 Å². The second-order valence-electron chi connectivity index (χ2n) is 5.49. The fourth-order valence-corrected chi connectivity index (χ4v) is 4.68. The van der Waals surface area contributed by atoms with Crippen LogP contribution in [-0.2, 0) is 0 Å². The minimum Gasteiger partial charge on any atom is -0.450 e. The van der Waals surface area contributed by atoms with Gasteiger partial charge in [0.05, 0.1) is 25.9 Å². The second kappa shape index (κ2) is 5.61. The number of hydrogen-bond donors (Lipinski definition) is 0. The van der Waals surface area contributed by atoms with E-state index in [0.29, 0.717) is 17.1 Å². The number of furan rings is 1. The molecule has 0 radical (unpaired) electrons. The molecule has 0 aliphatic carbocycles. The summed E-state index contributed by atoms with van der Waals surface area (Å²) in [4.78, 5) is 21.5. The number of rotatable bonds is 3. The molecule has 0 bridgehead atoms. The summed E-state index contributed by atoms with van der Waals surface area (Å²) < 4.78 is 8.03. The van der Waals surface area contributed by atoms with Gasteiger partial charge in [-0.1, -0.05) is 30.3 Å². The Balaban J connectivity index is 1.57. The van der Waals surface area contributed by atoms with E-state index in [1.165, 1.54) is 0 Å². The van der Waals surface area contributed by atoms with Crippen LogP contribution in [0.4, 0.5) is 0 Å². The van der Waals surface area contributed by atoms with Crippen molar-refractivity contribution in [3.8, 4) is 10.8 Å². The first-order valence-corrected chi connectivity index (χ1v) is 9.32. The Bertz CT molecular complexity index is 1220. The molecule has 5 rings (SSSR count). The maximum Gasteiger partial charge on any atom is 0.228 e. The van der Waals surface area contributed by atoms with Crippen LogP contribution in [0.25, 0.3) is 31.2 Å². The van der Waals surface area contributed by atoms with E-state index in [1.54, 1.807) is 46.9 Å². The predicted octanol–water partition coefficient (Wildman–Crippen LogP) is 5.40. The van der Waals surface area contributed by atoms with Crippen LogP contribution in [0.2, 0.25) is 0 Å². The summed E-state index contributed by atoms with van der Waals surface area (Å²) in [6, 6.07) is 16.6. The number of fused-ring (bicyclic) bond motifs is 3. The van der Waals surface area contributed by atoms with Gasteiger partial charge in [0.25, 0.3) is 0 Å². The maximum absolute atomic E-state index is 12.5. The van der Waals surface area contributed by atoms with E-state index in [1.807, 2.05) is 35.8 Å². The van der Waals surface area contributed by atoms with Crippen molar-refractivity contribution in [2.24, 2.45) is 0 Å². The molecule has 5 aromatic rings. The smallest absolute Gasteiger partial charge is 0.228 e. The fraction of sp³-hybridized carbons (Fsp3) is 0. The van der Waals surface area contributed by atoms with Crippen LogP contribution >= 0.6 is 22.7 Å². The number of hydrogen-bond acceptors (Lipinski definition) is 6. The summed E-state index contributed by atoms with van der Waals surface area (Å²) >= 11 is 3.17. The van der Waals surface area contributed by atoms with Crippen molar-refractivity contribution in [1.29, 1.82) is 0 Å². The third kappa shape index (κ3) is 2.38. The molecular weight excluding hydrogens is 352 g/mol. The van der Waals surface area contributed by atoms with Crippen LogP contribution in [-0.4, -0.2) is 15.8 Å². The normalized spacial score (nSPS) is 11.4. The summed E-state index contributed by atoms with van der Waals surface area (Å²) in [5, 5.41) is 0.767. The van der Waals surface area contributed by atoms with Gasteiger partial charge >= 0.3 is 0 Å². The fourth-order valence-electron chi connectivity index (χ4n) is 2.72. The third-order valence-electron chi connectivity index (χ3n) is 3.93. The zero-order chi connectivity index (χ0) is 16.8. The Kier molecular flexibility index (Phi) is 3.26. The third-order valence-corrected chi connectivity index (χ3v) is 6.02. The Hall–Kier alpha value is -2.83. The van der Waals surface area contributed by atoms with Gasteiger partial charge in [0.2, 0.25) is 5.78 Å². The highest BCUT2D eigenvalue weighted by Crippen LogP contribution is 2.37. The van der Waals surface area contributed by atoms with E-state index in [4.69, 9.17) is 4.42 Å². The molecule has 25 heavy (non-hydrogen) atoms. The monoisotopic (exact) mass is 362 g/mol. The van der Waals surface area contributed by atoms with Gasteiger partial charge in [-0.05, 0) is 24.3 Å². The Morgan fingerprint density at radius 2 is 1.76 bits per heavy atom. The van der Waals surface area contributed by atoms with Gasteiger partial charge in [-0.25, -0.2) is 9.97 Å². The van der Waals surface area contributed by atoms with E-state index in [2.05, 4.69) is 9.97 Å². The number of carbonyl (C=O) groups excluding carboxylic acids is 1. The lowest BCUT2D eigenvalue weighted by Gasteiger charge is -1.96. The molecule has 6 heteroatoms. The van der Waals surface area contributed by atoms with Crippen molar-refractivity contribution >= 4 is 48.9 Å². The number of aromatic nitrogens is 2. The van der Waals surface area contributed by atoms with E-state index in [0.717, 1.165) is 25.4 Å². The average molecular weight is 362 g/mol. The first-order chi connectivity index (χ1) is 12.3. The van der Waals surface area contributed by atoms with Gasteiger partial charge in [-0.3, -0.25) is 4.79 Å². The van der Waals surface area contributed by atoms with Gasteiger partial charge in [-0.2, -0.15) is 0 Å². The summed E-state index contributed by atoms with van der Waals surface area (Å²) in [5.74, 6) is 0.805. The molecular formula is C19H10N2O2S2. The molecule has 0 amide bonds. The number of nitrogens with zero attached hydrogens (tertiary/aromatic N) is 2. The van der Waals surface area contributed by atoms with Crippen LogP contribution in [0.3, 0.4) is 0 Å². The van der Waals surface area contributed by atoms with Crippen molar-refractivity contribution in [1.82, 2.24) is 9.97 Å². The van der Waals surface area contributed by atoms with E-state index >= 15 is 0 Å². The summed E-state index contributed by atoms with van der Waals surface area (Å²) in [6.45, 7) is 0. The van der Waals surface area contributed by atoms with E-state index in [-0.39, 0.29) is 5.78 Å². The lowest BCUT2D eigenvalue weighted by molar-refractivity contribution is 0.101. The van der Waals surface area contributed by atoms with Crippen LogP contribution in [0, 0.1) is 0 Å². The van der Waals surface area contributed by atoms with Crippen molar-refractivity contribution in [3.05, 3.63) is 71.4 Å².